The number of benzene rings is 1. The van der Waals surface area contributed by atoms with Crippen molar-refractivity contribution in [3.05, 3.63) is 22.2 Å². The highest BCUT2D eigenvalue weighted by molar-refractivity contribution is 9.10. The molecule has 0 amide bonds. The summed E-state index contributed by atoms with van der Waals surface area (Å²) in [4.78, 5) is 10.9. The Morgan fingerprint density at radius 2 is 2.33 bits per heavy atom. The number of carboxylic acid groups (broad SMARTS) is 1. The van der Waals surface area contributed by atoms with Gasteiger partial charge in [0, 0.05) is 5.75 Å². The number of nitrogens with one attached hydrogen (secondary N) is 1. The van der Waals surface area contributed by atoms with Gasteiger partial charge in [-0.05, 0) is 33.6 Å². The number of hydrogen-bond donors (Lipinski definition) is 2. The van der Waals surface area contributed by atoms with E-state index >= 15 is 0 Å². The summed E-state index contributed by atoms with van der Waals surface area (Å²) in [5, 5.41) is 12.0. The van der Waals surface area contributed by atoms with Crippen LogP contribution in [0.2, 0.25) is 0 Å². The highest BCUT2D eigenvalue weighted by atomic mass is 79.9. The molecule has 0 spiro atoms. The molecule has 0 bridgehead atoms. The lowest BCUT2D eigenvalue weighted by atomic mass is 10.2. The van der Waals surface area contributed by atoms with E-state index in [1.165, 1.54) is 0 Å². The van der Waals surface area contributed by atoms with Gasteiger partial charge in [-0.15, -0.1) is 11.8 Å². The van der Waals surface area contributed by atoms with Crippen LogP contribution in [-0.2, 0) is 4.79 Å². The van der Waals surface area contributed by atoms with Gasteiger partial charge < -0.3 is 14.6 Å². The van der Waals surface area contributed by atoms with Crippen LogP contribution in [0.4, 0.5) is 0 Å². The van der Waals surface area contributed by atoms with Gasteiger partial charge in [-0.1, -0.05) is 0 Å². The molecule has 7 heteroatoms. The molecule has 2 heterocycles. The summed E-state index contributed by atoms with van der Waals surface area (Å²) < 4.78 is 11.5. The van der Waals surface area contributed by atoms with Crippen LogP contribution in [0, 0.1) is 0 Å². The van der Waals surface area contributed by atoms with Gasteiger partial charge >= 0.3 is 5.97 Å². The molecule has 2 aliphatic heterocycles. The number of hydrogen-bond acceptors (Lipinski definition) is 5. The molecule has 1 aromatic carbocycles. The second kappa shape index (κ2) is 4.64. The topological polar surface area (TPSA) is 67.8 Å². The van der Waals surface area contributed by atoms with Gasteiger partial charge in [0.1, 0.15) is 6.04 Å². The zero-order chi connectivity index (χ0) is 12.7. The van der Waals surface area contributed by atoms with E-state index in [0.29, 0.717) is 17.3 Å². The molecule has 1 aromatic rings. The Balaban J connectivity index is 1.86. The summed E-state index contributed by atoms with van der Waals surface area (Å²) in [6.45, 7) is 0.223. The second-order valence-electron chi connectivity index (χ2n) is 4.01. The fraction of sp³-hybridized carbons (Fsp3) is 0.364. The molecule has 2 atom stereocenters. The van der Waals surface area contributed by atoms with Crippen molar-refractivity contribution in [3.63, 3.8) is 0 Å². The minimum atomic E-state index is -0.815. The molecule has 1 unspecified atom stereocenters. The van der Waals surface area contributed by atoms with Crippen molar-refractivity contribution in [1.29, 1.82) is 0 Å². The largest absolute Gasteiger partial charge is 0.480 e. The summed E-state index contributed by atoms with van der Waals surface area (Å²) in [5.74, 6) is 1.15. The van der Waals surface area contributed by atoms with Crippen molar-refractivity contribution in [2.24, 2.45) is 0 Å². The van der Waals surface area contributed by atoms with E-state index in [4.69, 9.17) is 14.6 Å². The monoisotopic (exact) mass is 331 g/mol. The molecule has 3 rings (SSSR count). The van der Waals surface area contributed by atoms with Crippen LogP contribution < -0.4 is 14.8 Å². The van der Waals surface area contributed by atoms with Gasteiger partial charge in [0.25, 0.3) is 0 Å². The maximum absolute atomic E-state index is 10.9. The third-order valence-corrected chi connectivity index (χ3v) is 4.69. The maximum Gasteiger partial charge on any atom is 0.321 e. The van der Waals surface area contributed by atoms with Crippen molar-refractivity contribution < 1.29 is 19.4 Å². The van der Waals surface area contributed by atoms with Crippen molar-refractivity contribution in [3.8, 4) is 11.5 Å². The number of rotatable bonds is 2. The normalized spacial score (nSPS) is 25.4. The molecule has 1 fully saturated rings. The van der Waals surface area contributed by atoms with E-state index in [2.05, 4.69) is 21.2 Å². The molecule has 0 saturated carbocycles. The molecule has 5 nitrogen and oxygen atoms in total. The van der Waals surface area contributed by atoms with Gasteiger partial charge in [-0.3, -0.25) is 10.1 Å². The van der Waals surface area contributed by atoms with Crippen LogP contribution in [0.15, 0.2) is 16.6 Å². The fourth-order valence-electron chi connectivity index (χ4n) is 1.95. The highest BCUT2D eigenvalue weighted by Crippen LogP contribution is 2.43. The third kappa shape index (κ3) is 2.06. The first kappa shape index (κ1) is 12.1. The Bertz CT molecular complexity index is 510. The molecule has 1 saturated heterocycles. The molecule has 96 valence electrons. The summed E-state index contributed by atoms with van der Waals surface area (Å²) in [5.41, 5.74) is 0.986. The molecular formula is C11H10BrNO4S. The standard InChI is InChI=1S/C11H10BrNO4S/c12-6-1-5(2-8-9(6)17-4-16-8)10-13-7(3-18-10)11(14)15/h1-2,7,10,13H,3-4H2,(H,14,15)/t7-,10?/m0/s1. The molecule has 0 aromatic heterocycles. The van der Waals surface area contributed by atoms with Crippen LogP contribution in [-0.4, -0.2) is 29.7 Å². The molecule has 2 N–H and O–H groups in total. The summed E-state index contributed by atoms with van der Waals surface area (Å²) in [6, 6.07) is 3.33. The zero-order valence-electron chi connectivity index (χ0n) is 9.18. The average molecular weight is 332 g/mol. The minimum Gasteiger partial charge on any atom is -0.480 e. The van der Waals surface area contributed by atoms with Crippen LogP contribution in [0.1, 0.15) is 10.9 Å². The number of fused-ring (bicyclic) bond motifs is 1. The van der Waals surface area contributed by atoms with E-state index in [-0.39, 0.29) is 12.2 Å². The Morgan fingerprint density at radius 1 is 1.50 bits per heavy atom. The first-order valence-electron chi connectivity index (χ1n) is 5.34. The molecule has 2 aliphatic rings. The number of carbonyl (C=O) groups is 1. The number of carboxylic acids is 1. The second-order valence-corrected chi connectivity index (χ2v) is 6.00. The third-order valence-electron chi connectivity index (χ3n) is 2.83. The lowest BCUT2D eigenvalue weighted by Gasteiger charge is -2.12. The fourth-order valence-corrected chi connectivity index (χ4v) is 3.73. The molecular weight excluding hydrogens is 322 g/mol. The first-order chi connectivity index (χ1) is 8.65. The summed E-state index contributed by atoms with van der Waals surface area (Å²) in [6.07, 6.45) is 0. The maximum atomic E-state index is 10.9. The Labute approximate surface area is 116 Å². The highest BCUT2D eigenvalue weighted by Gasteiger charge is 2.31. The van der Waals surface area contributed by atoms with Gasteiger partial charge in [-0.2, -0.15) is 0 Å². The number of thioether (sulfide) groups is 1. The Kier molecular flexibility index (Phi) is 3.13. The number of ether oxygens (including phenoxy) is 2. The minimum absolute atomic E-state index is 0.0306. The van der Waals surface area contributed by atoms with Crippen molar-refractivity contribution >= 4 is 33.7 Å². The SMILES string of the molecule is O=C(O)[C@@H]1CSC(c2cc(Br)c3c(c2)OCO3)N1. The summed E-state index contributed by atoms with van der Waals surface area (Å²) >= 11 is 5.01. The van der Waals surface area contributed by atoms with Crippen molar-refractivity contribution in [1.82, 2.24) is 5.32 Å². The van der Waals surface area contributed by atoms with Crippen molar-refractivity contribution in [2.45, 2.75) is 11.4 Å². The molecule has 0 aliphatic carbocycles. The van der Waals surface area contributed by atoms with Gasteiger partial charge in [-0.25, -0.2) is 0 Å². The van der Waals surface area contributed by atoms with Gasteiger partial charge in [0.15, 0.2) is 11.5 Å². The lowest BCUT2D eigenvalue weighted by molar-refractivity contribution is -0.138. The van der Waals surface area contributed by atoms with E-state index < -0.39 is 12.0 Å². The van der Waals surface area contributed by atoms with E-state index in [1.807, 2.05) is 12.1 Å². The number of aliphatic carboxylic acids is 1. The van der Waals surface area contributed by atoms with Crippen molar-refractivity contribution in [2.75, 3.05) is 12.5 Å². The van der Waals surface area contributed by atoms with Crippen LogP contribution in [0.25, 0.3) is 0 Å². The van der Waals surface area contributed by atoms with E-state index in [9.17, 15) is 4.79 Å². The lowest BCUT2D eigenvalue weighted by Crippen LogP contribution is -2.33. The van der Waals surface area contributed by atoms with Crippen LogP contribution in [0.5, 0.6) is 11.5 Å². The Hall–Kier alpha value is -0.920. The summed E-state index contributed by atoms with van der Waals surface area (Å²) in [7, 11) is 0. The van der Waals surface area contributed by atoms with Crippen LogP contribution in [0.3, 0.4) is 0 Å². The smallest absolute Gasteiger partial charge is 0.321 e. The number of halogens is 1. The molecule has 18 heavy (non-hydrogen) atoms. The van der Waals surface area contributed by atoms with Gasteiger partial charge in [0.05, 0.1) is 9.85 Å². The first-order valence-corrected chi connectivity index (χ1v) is 7.19. The molecule has 0 radical (unpaired) electrons. The predicted octanol–water partition coefficient (Wildman–Crippen LogP) is 1.97. The van der Waals surface area contributed by atoms with Gasteiger partial charge in [0.2, 0.25) is 6.79 Å². The average Bonchev–Trinajstić information content (AvgIpc) is 2.97. The zero-order valence-corrected chi connectivity index (χ0v) is 11.6. The van der Waals surface area contributed by atoms with Crippen LogP contribution >= 0.6 is 27.7 Å². The quantitative estimate of drug-likeness (QED) is 0.863. The Morgan fingerprint density at radius 3 is 3.06 bits per heavy atom. The van der Waals surface area contributed by atoms with E-state index in [0.717, 1.165) is 10.0 Å². The van der Waals surface area contributed by atoms with E-state index in [1.54, 1.807) is 11.8 Å². The predicted molar refractivity (Wildman–Crippen MR) is 70.0 cm³/mol.